The molecule has 2 saturated heterocycles. The van der Waals surface area contributed by atoms with Gasteiger partial charge in [-0.3, -0.25) is 9.69 Å². The second-order valence-electron chi connectivity index (χ2n) is 5.81. The number of nitrogens with zero attached hydrogens (tertiary/aromatic N) is 2. The van der Waals surface area contributed by atoms with Crippen LogP contribution < -0.4 is 0 Å². The van der Waals surface area contributed by atoms with Gasteiger partial charge in [-0.25, -0.2) is 0 Å². The fourth-order valence-corrected chi connectivity index (χ4v) is 3.37. The third-order valence-corrected chi connectivity index (χ3v) is 5.31. The molecule has 1 aromatic rings. The number of likely N-dealkylation sites (tertiary alicyclic amines) is 1. The highest BCUT2D eigenvalue weighted by molar-refractivity contribution is 9.10. The molecule has 0 N–H and O–H groups in total. The molecule has 1 atom stereocenters. The molecule has 2 heterocycles. The molecule has 2 fully saturated rings. The molecule has 0 radical (unpaired) electrons. The predicted octanol–water partition coefficient (Wildman–Crippen LogP) is 2.30. The Morgan fingerprint density at radius 3 is 2.76 bits per heavy atom. The van der Waals surface area contributed by atoms with Crippen LogP contribution in [0.2, 0.25) is 0 Å². The number of halogens is 1. The highest BCUT2D eigenvalue weighted by Gasteiger charge is 2.31. The molecule has 0 saturated carbocycles. The molecular formula is C16H21BrN2O2. The summed E-state index contributed by atoms with van der Waals surface area (Å²) in [7, 11) is 0. The number of rotatable bonds is 2. The SMILES string of the molecule is Cc1cc(C(=O)N2CCC(N3CCOCC3)C2)ccc1Br. The lowest BCUT2D eigenvalue weighted by Crippen LogP contribution is -2.45. The summed E-state index contributed by atoms with van der Waals surface area (Å²) in [4.78, 5) is 17.1. The van der Waals surface area contributed by atoms with Gasteiger partial charge in [-0.05, 0) is 37.1 Å². The first-order valence-electron chi connectivity index (χ1n) is 7.52. The van der Waals surface area contributed by atoms with Gasteiger partial charge in [0.05, 0.1) is 13.2 Å². The Bertz CT molecular complexity index is 529. The number of morpholine rings is 1. The maximum atomic E-state index is 12.6. The van der Waals surface area contributed by atoms with Crippen LogP contribution in [0.3, 0.4) is 0 Å². The van der Waals surface area contributed by atoms with Crippen LogP contribution in [0.5, 0.6) is 0 Å². The summed E-state index contributed by atoms with van der Waals surface area (Å²) in [5.41, 5.74) is 1.89. The van der Waals surface area contributed by atoms with Crippen molar-refractivity contribution in [3.63, 3.8) is 0 Å². The van der Waals surface area contributed by atoms with Crippen LogP contribution in [0.15, 0.2) is 22.7 Å². The summed E-state index contributed by atoms with van der Waals surface area (Å²) in [6.07, 6.45) is 1.07. The molecule has 5 heteroatoms. The molecule has 2 aliphatic rings. The van der Waals surface area contributed by atoms with Gasteiger partial charge < -0.3 is 9.64 Å². The Morgan fingerprint density at radius 2 is 2.05 bits per heavy atom. The molecule has 4 nitrogen and oxygen atoms in total. The van der Waals surface area contributed by atoms with Gasteiger partial charge in [0.25, 0.3) is 5.91 Å². The highest BCUT2D eigenvalue weighted by atomic mass is 79.9. The normalized spacial score (nSPS) is 23.5. The number of aryl methyl sites for hydroxylation is 1. The molecule has 0 bridgehead atoms. The van der Waals surface area contributed by atoms with Crippen LogP contribution in [-0.4, -0.2) is 61.1 Å². The summed E-state index contributed by atoms with van der Waals surface area (Å²) in [6.45, 7) is 7.33. The average molecular weight is 353 g/mol. The molecule has 3 rings (SSSR count). The molecular weight excluding hydrogens is 332 g/mol. The minimum atomic E-state index is 0.154. The molecule has 1 amide bonds. The van der Waals surface area contributed by atoms with E-state index in [9.17, 15) is 4.79 Å². The van der Waals surface area contributed by atoms with Crippen LogP contribution in [0.25, 0.3) is 0 Å². The Morgan fingerprint density at radius 1 is 1.29 bits per heavy atom. The van der Waals surface area contributed by atoms with Crippen molar-refractivity contribution in [2.45, 2.75) is 19.4 Å². The number of ether oxygens (including phenoxy) is 1. The molecule has 2 aliphatic heterocycles. The number of hydrogen-bond donors (Lipinski definition) is 0. The van der Waals surface area contributed by atoms with Gasteiger partial charge in [-0.2, -0.15) is 0 Å². The molecule has 0 aliphatic carbocycles. The molecule has 0 spiro atoms. The Kier molecular flexibility index (Phi) is 4.62. The van der Waals surface area contributed by atoms with E-state index >= 15 is 0 Å². The molecule has 1 unspecified atom stereocenters. The number of benzene rings is 1. The van der Waals surface area contributed by atoms with Crippen molar-refractivity contribution < 1.29 is 9.53 Å². The quantitative estimate of drug-likeness (QED) is 0.818. The van der Waals surface area contributed by atoms with Gasteiger partial charge in [0.1, 0.15) is 0 Å². The molecule has 114 valence electrons. The Balaban J connectivity index is 1.64. The van der Waals surface area contributed by atoms with Crippen molar-refractivity contribution in [2.24, 2.45) is 0 Å². The van der Waals surface area contributed by atoms with Gasteiger partial charge in [0.2, 0.25) is 0 Å². The molecule has 21 heavy (non-hydrogen) atoms. The lowest BCUT2D eigenvalue weighted by atomic mass is 10.1. The van der Waals surface area contributed by atoms with Gasteiger partial charge >= 0.3 is 0 Å². The number of carbonyl (C=O) groups excluding carboxylic acids is 1. The summed E-state index contributed by atoms with van der Waals surface area (Å²) in [5.74, 6) is 0.154. The first-order chi connectivity index (χ1) is 10.1. The fraction of sp³-hybridized carbons (Fsp3) is 0.562. The largest absolute Gasteiger partial charge is 0.379 e. The van der Waals surface area contributed by atoms with E-state index < -0.39 is 0 Å². The van der Waals surface area contributed by atoms with Crippen LogP contribution in [-0.2, 0) is 4.74 Å². The standard InChI is InChI=1S/C16H21BrN2O2/c1-12-10-13(2-3-15(12)17)16(20)19-5-4-14(11-19)18-6-8-21-9-7-18/h2-3,10,14H,4-9,11H2,1H3. The van der Waals surface area contributed by atoms with Crippen LogP contribution in [0.4, 0.5) is 0 Å². The van der Waals surface area contributed by atoms with Crippen molar-refractivity contribution in [3.05, 3.63) is 33.8 Å². The Labute approximate surface area is 134 Å². The first kappa shape index (κ1) is 15.0. The van der Waals surface area contributed by atoms with Gasteiger partial charge in [-0.15, -0.1) is 0 Å². The number of carbonyl (C=O) groups is 1. The second-order valence-corrected chi connectivity index (χ2v) is 6.66. The summed E-state index contributed by atoms with van der Waals surface area (Å²) >= 11 is 3.48. The van der Waals surface area contributed by atoms with Crippen molar-refractivity contribution in [2.75, 3.05) is 39.4 Å². The van der Waals surface area contributed by atoms with E-state index in [1.807, 2.05) is 30.0 Å². The molecule has 1 aromatic carbocycles. The average Bonchev–Trinajstić information content (AvgIpc) is 3.00. The van der Waals surface area contributed by atoms with E-state index in [2.05, 4.69) is 20.8 Å². The highest BCUT2D eigenvalue weighted by Crippen LogP contribution is 2.22. The van der Waals surface area contributed by atoms with E-state index in [-0.39, 0.29) is 5.91 Å². The van der Waals surface area contributed by atoms with Gasteiger partial charge in [0, 0.05) is 42.3 Å². The monoisotopic (exact) mass is 352 g/mol. The van der Waals surface area contributed by atoms with E-state index in [0.29, 0.717) is 6.04 Å². The van der Waals surface area contributed by atoms with Crippen molar-refractivity contribution in [1.29, 1.82) is 0 Å². The third kappa shape index (κ3) is 3.30. The Hall–Kier alpha value is -0.910. The lowest BCUT2D eigenvalue weighted by molar-refractivity contribution is 0.0185. The summed E-state index contributed by atoms with van der Waals surface area (Å²) in [5, 5.41) is 0. The van der Waals surface area contributed by atoms with E-state index in [4.69, 9.17) is 4.74 Å². The lowest BCUT2D eigenvalue weighted by Gasteiger charge is -2.32. The minimum absolute atomic E-state index is 0.154. The smallest absolute Gasteiger partial charge is 0.253 e. The zero-order chi connectivity index (χ0) is 14.8. The van der Waals surface area contributed by atoms with Gasteiger partial charge in [0.15, 0.2) is 0 Å². The zero-order valence-corrected chi connectivity index (χ0v) is 13.9. The maximum absolute atomic E-state index is 12.6. The molecule has 0 aromatic heterocycles. The number of hydrogen-bond acceptors (Lipinski definition) is 3. The van der Waals surface area contributed by atoms with Crippen molar-refractivity contribution >= 4 is 21.8 Å². The van der Waals surface area contributed by atoms with E-state index in [1.165, 1.54) is 0 Å². The van der Waals surface area contributed by atoms with E-state index in [1.54, 1.807) is 0 Å². The topological polar surface area (TPSA) is 32.8 Å². The van der Waals surface area contributed by atoms with Crippen LogP contribution >= 0.6 is 15.9 Å². The van der Waals surface area contributed by atoms with Crippen LogP contribution in [0, 0.1) is 6.92 Å². The second kappa shape index (κ2) is 6.46. The van der Waals surface area contributed by atoms with Gasteiger partial charge in [-0.1, -0.05) is 15.9 Å². The first-order valence-corrected chi connectivity index (χ1v) is 8.31. The predicted molar refractivity (Wildman–Crippen MR) is 85.6 cm³/mol. The van der Waals surface area contributed by atoms with Crippen molar-refractivity contribution in [3.8, 4) is 0 Å². The fourth-order valence-electron chi connectivity index (χ4n) is 3.13. The summed E-state index contributed by atoms with van der Waals surface area (Å²) < 4.78 is 6.45. The minimum Gasteiger partial charge on any atom is -0.379 e. The van der Waals surface area contributed by atoms with E-state index in [0.717, 1.165) is 61.4 Å². The van der Waals surface area contributed by atoms with Crippen molar-refractivity contribution in [1.82, 2.24) is 9.80 Å². The number of amides is 1. The maximum Gasteiger partial charge on any atom is 0.253 e. The third-order valence-electron chi connectivity index (χ3n) is 4.42. The zero-order valence-electron chi connectivity index (χ0n) is 12.3. The van der Waals surface area contributed by atoms with Crippen LogP contribution in [0.1, 0.15) is 22.3 Å². The summed E-state index contributed by atoms with van der Waals surface area (Å²) in [6, 6.07) is 6.32.